The lowest BCUT2D eigenvalue weighted by atomic mass is 10.0. The number of amides is 1. The van der Waals surface area contributed by atoms with Crippen LogP contribution in [0.4, 0.5) is 0 Å². The van der Waals surface area contributed by atoms with E-state index in [0.29, 0.717) is 17.0 Å². The standard InChI is InChI=1S/C19H22N6O/c1-12-15(11-25-7-3-4-8-25)13(2)22-16(12)9-14-18(23-24-19(14)26)17-10-20-5-6-21-17/h5-6,9-10,22H,3-4,7-8,11H2,1-2H3,(H,24,26). The Morgan fingerprint density at radius 2 is 2.04 bits per heavy atom. The lowest BCUT2D eigenvalue weighted by Crippen LogP contribution is -2.19. The maximum Gasteiger partial charge on any atom is 0.273 e. The minimum atomic E-state index is -0.224. The van der Waals surface area contributed by atoms with Gasteiger partial charge in [-0.15, -0.1) is 0 Å². The van der Waals surface area contributed by atoms with Gasteiger partial charge in [-0.1, -0.05) is 0 Å². The maximum atomic E-state index is 12.3. The SMILES string of the molecule is Cc1[nH]c(C=C2C(=O)NN=C2c2cnccn2)c(C)c1CN1CCCC1. The van der Waals surface area contributed by atoms with Crippen molar-refractivity contribution in [3.05, 3.63) is 52.4 Å². The molecule has 7 heteroatoms. The predicted octanol–water partition coefficient (Wildman–Crippen LogP) is 1.93. The zero-order chi connectivity index (χ0) is 18.1. The molecular formula is C19H22N6O. The molecule has 2 aromatic heterocycles. The van der Waals surface area contributed by atoms with Crippen molar-refractivity contribution >= 4 is 17.7 Å². The Hall–Kier alpha value is -2.80. The molecule has 0 bridgehead atoms. The molecule has 0 atom stereocenters. The average Bonchev–Trinajstić information content (AvgIpc) is 3.35. The van der Waals surface area contributed by atoms with Crippen LogP contribution in [-0.4, -0.2) is 44.6 Å². The summed E-state index contributed by atoms with van der Waals surface area (Å²) in [5.41, 5.74) is 8.73. The fraction of sp³-hybridized carbons (Fsp3) is 0.368. The summed E-state index contributed by atoms with van der Waals surface area (Å²) in [4.78, 5) is 26.5. The number of hydrazone groups is 1. The summed E-state index contributed by atoms with van der Waals surface area (Å²) in [6.07, 6.45) is 9.22. The molecule has 2 aliphatic rings. The van der Waals surface area contributed by atoms with Crippen molar-refractivity contribution in [2.75, 3.05) is 13.1 Å². The van der Waals surface area contributed by atoms with E-state index in [9.17, 15) is 4.79 Å². The van der Waals surface area contributed by atoms with E-state index in [1.807, 2.05) is 6.08 Å². The van der Waals surface area contributed by atoms with Crippen molar-refractivity contribution in [1.29, 1.82) is 0 Å². The van der Waals surface area contributed by atoms with Gasteiger partial charge in [-0.05, 0) is 57.0 Å². The lowest BCUT2D eigenvalue weighted by molar-refractivity contribution is -0.116. The minimum absolute atomic E-state index is 0.224. The number of aryl methyl sites for hydroxylation is 1. The zero-order valence-electron chi connectivity index (χ0n) is 15.0. The zero-order valence-corrected chi connectivity index (χ0v) is 15.0. The van der Waals surface area contributed by atoms with E-state index in [1.165, 1.54) is 24.0 Å². The first-order valence-electron chi connectivity index (χ1n) is 8.90. The van der Waals surface area contributed by atoms with Gasteiger partial charge < -0.3 is 4.98 Å². The van der Waals surface area contributed by atoms with Crippen LogP contribution in [0.5, 0.6) is 0 Å². The van der Waals surface area contributed by atoms with Gasteiger partial charge in [0.15, 0.2) is 0 Å². The summed E-state index contributed by atoms with van der Waals surface area (Å²) in [6.45, 7) is 7.47. The molecule has 0 aliphatic carbocycles. The van der Waals surface area contributed by atoms with E-state index in [-0.39, 0.29) is 5.91 Å². The van der Waals surface area contributed by atoms with Gasteiger partial charge in [-0.2, -0.15) is 5.10 Å². The topological polar surface area (TPSA) is 86.3 Å². The van der Waals surface area contributed by atoms with Crippen LogP contribution in [-0.2, 0) is 11.3 Å². The first-order chi connectivity index (χ1) is 12.6. The van der Waals surface area contributed by atoms with Gasteiger partial charge >= 0.3 is 0 Å². The first-order valence-corrected chi connectivity index (χ1v) is 8.90. The van der Waals surface area contributed by atoms with Crippen LogP contribution in [0.3, 0.4) is 0 Å². The molecule has 1 fully saturated rings. The summed E-state index contributed by atoms with van der Waals surface area (Å²) >= 11 is 0. The van der Waals surface area contributed by atoms with Gasteiger partial charge in [-0.25, -0.2) is 5.43 Å². The van der Waals surface area contributed by atoms with Crippen molar-refractivity contribution in [1.82, 2.24) is 25.3 Å². The molecule has 2 N–H and O–H groups in total. The molecule has 7 nitrogen and oxygen atoms in total. The first kappa shape index (κ1) is 16.7. The minimum Gasteiger partial charge on any atom is -0.359 e. The molecule has 0 spiro atoms. The predicted molar refractivity (Wildman–Crippen MR) is 99.5 cm³/mol. The second kappa shape index (κ2) is 6.84. The maximum absolute atomic E-state index is 12.3. The summed E-state index contributed by atoms with van der Waals surface area (Å²) in [5.74, 6) is -0.224. The van der Waals surface area contributed by atoms with Crippen LogP contribution in [0.2, 0.25) is 0 Å². The third-order valence-electron chi connectivity index (χ3n) is 5.08. The Balaban J connectivity index is 1.67. The molecule has 4 rings (SSSR count). The third-order valence-corrected chi connectivity index (χ3v) is 5.08. The number of likely N-dealkylation sites (tertiary alicyclic amines) is 1. The number of hydrogen-bond acceptors (Lipinski definition) is 5. The summed E-state index contributed by atoms with van der Waals surface area (Å²) in [6, 6.07) is 0. The molecule has 0 radical (unpaired) electrons. The van der Waals surface area contributed by atoms with Gasteiger partial charge in [0.2, 0.25) is 0 Å². The average molecular weight is 350 g/mol. The fourth-order valence-electron chi connectivity index (χ4n) is 3.59. The number of nitrogens with one attached hydrogen (secondary N) is 2. The number of H-pyrrole nitrogens is 1. The van der Waals surface area contributed by atoms with Crippen molar-refractivity contribution < 1.29 is 4.79 Å². The van der Waals surface area contributed by atoms with Crippen LogP contribution >= 0.6 is 0 Å². The van der Waals surface area contributed by atoms with E-state index < -0.39 is 0 Å². The van der Waals surface area contributed by atoms with Crippen LogP contribution in [0.15, 0.2) is 29.3 Å². The van der Waals surface area contributed by atoms with E-state index in [2.05, 4.69) is 44.2 Å². The number of carbonyl (C=O) groups excluding carboxylic acids is 1. The Bertz CT molecular complexity index is 890. The highest BCUT2D eigenvalue weighted by molar-refractivity contribution is 6.32. The monoisotopic (exact) mass is 350 g/mol. The van der Waals surface area contributed by atoms with Gasteiger partial charge in [0.1, 0.15) is 11.4 Å². The number of carbonyl (C=O) groups is 1. The van der Waals surface area contributed by atoms with E-state index in [1.54, 1.807) is 18.6 Å². The molecule has 4 heterocycles. The summed E-state index contributed by atoms with van der Waals surface area (Å²) < 4.78 is 0. The molecule has 2 aliphatic heterocycles. The smallest absolute Gasteiger partial charge is 0.273 e. The lowest BCUT2D eigenvalue weighted by Gasteiger charge is -2.15. The molecular weight excluding hydrogens is 328 g/mol. The van der Waals surface area contributed by atoms with Gasteiger partial charge in [-0.3, -0.25) is 19.7 Å². The van der Waals surface area contributed by atoms with Crippen LogP contribution < -0.4 is 5.43 Å². The Morgan fingerprint density at radius 1 is 1.23 bits per heavy atom. The van der Waals surface area contributed by atoms with Gasteiger partial charge in [0.05, 0.1) is 11.8 Å². The number of aromatic amines is 1. The fourth-order valence-corrected chi connectivity index (χ4v) is 3.59. The van der Waals surface area contributed by atoms with Gasteiger partial charge in [0, 0.05) is 30.3 Å². The Kier molecular flexibility index (Phi) is 4.38. The molecule has 1 amide bonds. The quantitative estimate of drug-likeness (QED) is 0.825. The molecule has 0 unspecified atom stereocenters. The number of nitrogens with zero attached hydrogens (tertiary/aromatic N) is 4. The molecule has 0 aromatic carbocycles. The van der Waals surface area contributed by atoms with Gasteiger partial charge in [0.25, 0.3) is 5.91 Å². The molecule has 0 saturated carbocycles. The number of hydrogen-bond donors (Lipinski definition) is 2. The second-order valence-electron chi connectivity index (χ2n) is 6.80. The van der Waals surface area contributed by atoms with E-state index >= 15 is 0 Å². The third kappa shape index (κ3) is 3.06. The normalized spacial score (nSPS) is 19.2. The van der Waals surface area contributed by atoms with Crippen LogP contribution in [0, 0.1) is 13.8 Å². The van der Waals surface area contributed by atoms with E-state index in [0.717, 1.165) is 31.0 Å². The molecule has 1 saturated heterocycles. The largest absolute Gasteiger partial charge is 0.359 e. The van der Waals surface area contributed by atoms with Crippen molar-refractivity contribution in [3.8, 4) is 0 Å². The molecule has 2 aromatic rings. The highest BCUT2D eigenvalue weighted by Crippen LogP contribution is 2.25. The molecule has 134 valence electrons. The molecule has 26 heavy (non-hydrogen) atoms. The summed E-state index contributed by atoms with van der Waals surface area (Å²) in [7, 11) is 0. The second-order valence-corrected chi connectivity index (χ2v) is 6.80. The Labute approximate surface area is 152 Å². The van der Waals surface area contributed by atoms with E-state index in [4.69, 9.17) is 0 Å². The van der Waals surface area contributed by atoms with Crippen molar-refractivity contribution in [3.63, 3.8) is 0 Å². The number of rotatable bonds is 4. The van der Waals surface area contributed by atoms with Crippen LogP contribution in [0.1, 0.15) is 41.1 Å². The van der Waals surface area contributed by atoms with Crippen LogP contribution in [0.25, 0.3) is 6.08 Å². The van der Waals surface area contributed by atoms with Crippen molar-refractivity contribution in [2.24, 2.45) is 5.10 Å². The highest BCUT2D eigenvalue weighted by atomic mass is 16.2. The Morgan fingerprint density at radius 3 is 2.77 bits per heavy atom. The number of aromatic nitrogens is 3. The van der Waals surface area contributed by atoms with Crippen molar-refractivity contribution in [2.45, 2.75) is 33.2 Å². The summed E-state index contributed by atoms with van der Waals surface area (Å²) in [5, 5.41) is 4.13. The highest BCUT2D eigenvalue weighted by Gasteiger charge is 2.26.